The summed E-state index contributed by atoms with van der Waals surface area (Å²) in [4.78, 5) is 18.8. The van der Waals surface area contributed by atoms with Crippen LogP contribution in [-0.4, -0.2) is 48.2 Å². The van der Waals surface area contributed by atoms with Crippen LogP contribution >= 0.6 is 0 Å². The van der Waals surface area contributed by atoms with Gasteiger partial charge in [0, 0.05) is 44.0 Å². The third-order valence-electron chi connectivity index (χ3n) is 6.68. The monoisotopic (exact) mass is 398 g/mol. The van der Waals surface area contributed by atoms with Crippen LogP contribution in [0.1, 0.15) is 53.6 Å². The average molecular weight is 398 g/mol. The number of ether oxygens (including phenoxy) is 3. The molecule has 3 aliphatic heterocycles. The maximum atomic E-state index is 12.9. The molecule has 7 heteroatoms. The van der Waals surface area contributed by atoms with Gasteiger partial charge in [-0.1, -0.05) is 12.1 Å². The lowest BCUT2D eigenvalue weighted by Crippen LogP contribution is -2.57. The van der Waals surface area contributed by atoms with Gasteiger partial charge in [-0.3, -0.25) is 4.79 Å². The Morgan fingerprint density at radius 3 is 2.86 bits per heavy atom. The van der Waals surface area contributed by atoms with Crippen molar-refractivity contribution in [1.29, 1.82) is 0 Å². The van der Waals surface area contributed by atoms with Crippen LogP contribution in [0.2, 0.25) is 0 Å². The molecule has 0 aliphatic carbocycles. The quantitative estimate of drug-likeness (QED) is 0.771. The van der Waals surface area contributed by atoms with Gasteiger partial charge in [-0.05, 0) is 25.8 Å². The highest BCUT2D eigenvalue weighted by Gasteiger charge is 2.53. The standard InChI is InChI=1S/C22H26N2O5/c1-14-18(23-13-28-14)21(25)24-10-8-22(9-11-24)16-6-4-12-27-19(16)15-5-3-7-17(26-2)20(15)29-22/h3,5,7,13,16,19H,4,6,8-12H2,1-2H3/t16-,19+/m0/s1. The Morgan fingerprint density at radius 1 is 1.31 bits per heavy atom. The highest BCUT2D eigenvalue weighted by molar-refractivity contribution is 5.93. The summed E-state index contributed by atoms with van der Waals surface area (Å²) in [5.41, 5.74) is 1.13. The lowest BCUT2D eigenvalue weighted by atomic mass is 9.70. The first kappa shape index (κ1) is 18.5. The van der Waals surface area contributed by atoms with E-state index in [1.54, 1.807) is 14.0 Å². The minimum absolute atomic E-state index is 0.0163. The number of para-hydroxylation sites is 1. The van der Waals surface area contributed by atoms with Crippen LogP contribution < -0.4 is 9.47 Å². The van der Waals surface area contributed by atoms with E-state index >= 15 is 0 Å². The normalized spacial score (nSPS) is 25.1. The Balaban J connectivity index is 1.43. The van der Waals surface area contributed by atoms with Crippen LogP contribution in [0.3, 0.4) is 0 Å². The number of carbonyl (C=O) groups excluding carboxylic acids is 1. The molecule has 154 valence electrons. The molecule has 1 spiro atoms. The topological polar surface area (TPSA) is 74.0 Å². The second-order valence-corrected chi connectivity index (χ2v) is 8.13. The van der Waals surface area contributed by atoms with Crippen molar-refractivity contribution in [3.05, 3.63) is 41.6 Å². The lowest BCUT2D eigenvalue weighted by Gasteiger charge is -2.53. The first-order chi connectivity index (χ1) is 14.1. The van der Waals surface area contributed by atoms with Gasteiger partial charge in [-0.2, -0.15) is 0 Å². The molecule has 0 N–H and O–H groups in total. The lowest BCUT2D eigenvalue weighted by molar-refractivity contribution is -0.147. The molecule has 4 heterocycles. The number of aryl methyl sites for hydroxylation is 1. The molecular formula is C22H26N2O5. The van der Waals surface area contributed by atoms with E-state index in [9.17, 15) is 4.79 Å². The summed E-state index contributed by atoms with van der Waals surface area (Å²) >= 11 is 0. The van der Waals surface area contributed by atoms with E-state index in [2.05, 4.69) is 11.1 Å². The fourth-order valence-corrected chi connectivity index (χ4v) is 5.15. The molecule has 29 heavy (non-hydrogen) atoms. The Morgan fingerprint density at radius 2 is 2.14 bits per heavy atom. The summed E-state index contributed by atoms with van der Waals surface area (Å²) in [5, 5.41) is 0. The maximum Gasteiger partial charge on any atom is 0.276 e. The molecule has 1 amide bonds. The summed E-state index contributed by atoms with van der Waals surface area (Å²) in [7, 11) is 1.67. The molecule has 7 nitrogen and oxygen atoms in total. The number of benzene rings is 1. The number of hydrogen-bond acceptors (Lipinski definition) is 6. The number of rotatable bonds is 2. The third kappa shape index (κ3) is 2.90. The summed E-state index contributed by atoms with van der Waals surface area (Å²) in [6, 6.07) is 6.01. The SMILES string of the molecule is COc1cccc2c1OC1(CCN(C(=O)c3ncoc3C)CC1)[C@H]1CCCO[C@H]21. The summed E-state index contributed by atoms with van der Waals surface area (Å²) in [5.74, 6) is 2.30. The molecule has 1 aromatic carbocycles. The van der Waals surface area contributed by atoms with E-state index < -0.39 is 0 Å². The fraction of sp³-hybridized carbons (Fsp3) is 0.545. The molecule has 2 fully saturated rings. The molecule has 1 aromatic heterocycles. The third-order valence-corrected chi connectivity index (χ3v) is 6.68. The molecule has 0 unspecified atom stereocenters. The first-order valence-electron chi connectivity index (χ1n) is 10.3. The van der Waals surface area contributed by atoms with E-state index in [0.29, 0.717) is 24.5 Å². The summed E-state index contributed by atoms with van der Waals surface area (Å²) in [6.07, 6.45) is 4.97. The van der Waals surface area contributed by atoms with Crippen LogP contribution in [0.4, 0.5) is 0 Å². The molecule has 2 saturated heterocycles. The van der Waals surface area contributed by atoms with E-state index in [1.807, 2.05) is 17.0 Å². The van der Waals surface area contributed by atoms with Gasteiger partial charge in [0.1, 0.15) is 11.4 Å². The molecule has 2 atom stereocenters. The van der Waals surface area contributed by atoms with Crippen LogP contribution in [0.25, 0.3) is 0 Å². The van der Waals surface area contributed by atoms with Crippen LogP contribution in [0.15, 0.2) is 29.0 Å². The number of carbonyl (C=O) groups is 1. The van der Waals surface area contributed by atoms with E-state index in [4.69, 9.17) is 18.6 Å². The number of fused-ring (bicyclic) bond motifs is 4. The highest BCUT2D eigenvalue weighted by atomic mass is 16.5. The van der Waals surface area contributed by atoms with Crippen LogP contribution in [0, 0.1) is 12.8 Å². The van der Waals surface area contributed by atoms with Crippen molar-refractivity contribution in [1.82, 2.24) is 9.88 Å². The summed E-state index contributed by atoms with van der Waals surface area (Å²) in [6.45, 7) is 3.78. The van der Waals surface area contributed by atoms with Crippen LogP contribution in [-0.2, 0) is 4.74 Å². The van der Waals surface area contributed by atoms with Gasteiger partial charge in [0.05, 0.1) is 13.2 Å². The fourth-order valence-electron chi connectivity index (χ4n) is 5.15. The Labute approximate surface area is 169 Å². The molecule has 3 aliphatic rings. The van der Waals surface area contributed by atoms with Gasteiger partial charge in [0.15, 0.2) is 23.6 Å². The number of amides is 1. The molecule has 0 radical (unpaired) electrons. The minimum Gasteiger partial charge on any atom is -0.493 e. The van der Waals surface area contributed by atoms with Gasteiger partial charge in [0.2, 0.25) is 0 Å². The molecule has 5 rings (SSSR count). The molecular weight excluding hydrogens is 372 g/mol. The van der Waals surface area contributed by atoms with Crippen molar-refractivity contribution in [3.63, 3.8) is 0 Å². The zero-order valence-corrected chi connectivity index (χ0v) is 16.8. The first-order valence-corrected chi connectivity index (χ1v) is 10.3. The predicted octanol–water partition coefficient (Wildman–Crippen LogP) is 3.53. The Kier molecular flexibility index (Phi) is 4.50. The van der Waals surface area contributed by atoms with Crippen molar-refractivity contribution >= 4 is 5.91 Å². The maximum absolute atomic E-state index is 12.9. The average Bonchev–Trinajstić information content (AvgIpc) is 3.19. The van der Waals surface area contributed by atoms with Crippen molar-refractivity contribution in [2.45, 2.75) is 44.3 Å². The number of methoxy groups -OCH3 is 1. The van der Waals surface area contributed by atoms with Gasteiger partial charge in [0.25, 0.3) is 5.91 Å². The largest absolute Gasteiger partial charge is 0.493 e. The van der Waals surface area contributed by atoms with Crippen molar-refractivity contribution in [3.8, 4) is 11.5 Å². The van der Waals surface area contributed by atoms with E-state index in [1.165, 1.54) is 6.39 Å². The Hall–Kier alpha value is -2.54. The van der Waals surface area contributed by atoms with Crippen molar-refractivity contribution in [2.24, 2.45) is 5.92 Å². The number of nitrogens with zero attached hydrogens (tertiary/aromatic N) is 2. The second kappa shape index (κ2) is 7.06. The zero-order valence-electron chi connectivity index (χ0n) is 16.8. The number of likely N-dealkylation sites (tertiary alicyclic amines) is 1. The number of oxazole rings is 1. The van der Waals surface area contributed by atoms with E-state index in [-0.39, 0.29) is 23.5 Å². The number of aromatic nitrogens is 1. The van der Waals surface area contributed by atoms with Crippen LogP contribution in [0.5, 0.6) is 11.5 Å². The molecule has 0 saturated carbocycles. The zero-order chi connectivity index (χ0) is 20.0. The van der Waals surface area contributed by atoms with Gasteiger partial charge >= 0.3 is 0 Å². The summed E-state index contributed by atoms with van der Waals surface area (Å²) < 4.78 is 23.8. The molecule has 2 aromatic rings. The Bertz CT molecular complexity index is 916. The smallest absolute Gasteiger partial charge is 0.276 e. The predicted molar refractivity (Wildman–Crippen MR) is 104 cm³/mol. The second-order valence-electron chi connectivity index (χ2n) is 8.13. The molecule has 0 bridgehead atoms. The van der Waals surface area contributed by atoms with Gasteiger partial charge < -0.3 is 23.5 Å². The van der Waals surface area contributed by atoms with Crippen molar-refractivity contribution < 1.29 is 23.4 Å². The van der Waals surface area contributed by atoms with Gasteiger partial charge in [-0.15, -0.1) is 0 Å². The van der Waals surface area contributed by atoms with E-state index in [0.717, 1.165) is 49.4 Å². The number of piperidine rings is 1. The van der Waals surface area contributed by atoms with Crippen molar-refractivity contribution in [2.75, 3.05) is 26.8 Å². The number of hydrogen-bond donors (Lipinski definition) is 0. The van der Waals surface area contributed by atoms with Gasteiger partial charge in [-0.25, -0.2) is 4.98 Å². The minimum atomic E-state index is -0.345. The highest BCUT2D eigenvalue weighted by Crippen LogP contribution is 2.55.